The number of amides is 7. The van der Waals surface area contributed by atoms with Crippen LogP contribution in [0, 0.1) is 5.92 Å². The number of fused-ring (bicyclic) bond motifs is 15. The molecule has 6 aliphatic rings. The standard InChI is InChI=1S/C59H62Cl2N8O22/c1-20(2)10-30(63-3)52(80)68-44-46(75)22-5-8-34(28(60)12-22)88-36-14-24-15-37(51(36)91-59-50(79)49(78)48(77)38(19-70)90-59)89-35-9-6-23(13-29(35)61)47(76)45-57(85)67-43(58(86)87)27-16-25(71)17-33(73)40(27)26-11-21(4-7-32(26)72)41(54(82)69-45)66-55(83)42(24)65-53(81)31(18-39(62)74)64-56(44)84/h4-9,11-17,20,30-31,38,41-50,59,63,70-73,75-79H,10,18-19H2,1-3H3,(H2,62,74)(H,64,84)(H,65,81)(H,66,83)(H,67,85)(H,68,80)(H,69,82)(H,86,87). The van der Waals surface area contributed by atoms with Gasteiger partial charge in [0, 0.05) is 22.8 Å². The van der Waals surface area contributed by atoms with Crippen LogP contribution in [0.1, 0.15) is 84.8 Å². The number of carbonyl (C=O) groups excluding carboxylic acids is 7. The number of aliphatic hydroxyl groups is 6. The van der Waals surface area contributed by atoms with E-state index in [4.69, 9.17) is 47.9 Å². The second kappa shape index (κ2) is 27.2. The Labute approximate surface area is 525 Å². The number of likely N-dealkylation sites (N-methyl/N-ethyl adjacent to an activating group) is 1. The molecule has 14 unspecified atom stereocenters. The Morgan fingerprint density at radius 2 is 1.25 bits per heavy atom. The summed E-state index contributed by atoms with van der Waals surface area (Å²) in [6.45, 7) is 2.69. The molecule has 484 valence electrons. The Hall–Kier alpha value is -9.08. The lowest BCUT2D eigenvalue weighted by Gasteiger charge is -2.39. The molecule has 30 nitrogen and oxygen atoms in total. The van der Waals surface area contributed by atoms with Crippen LogP contribution in [0.25, 0.3) is 11.1 Å². The van der Waals surface area contributed by atoms with E-state index in [0.29, 0.717) is 0 Å². The first-order chi connectivity index (χ1) is 43.1. The molecule has 7 amide bonds. The third kappa shape index (κ3) is 14.0. The number of primary amides is 1. The number of aliphatic carboxylic acids is 1. The van der Waals surface area contributed by atoms with Crippen molar-refractivity contribution in [2.75, 3.05) is 13.7 Å². The number of nitrogens with one attached hydrogen (secondary N) is 7. The van der Waals surface area contributed by atoms with Crippen molar-refractivity contribution in [2.24, 2.45) is 11.7 Å². The number of carboxylic acids is 1. The number of phenolic OH excluding ortho intramolecular Hbond substituents is 3. The van der Waals surface area contributed by atoms with E-state index in [1.165, 1.54) is 19.2 Å². The zero-order valence-corrected chi connectivity index (χ0v) is 49.5. The van der Waals surface area contributed by atoms with Gasteiger partial charge in [0.15, 0.2) is 17.5 Å². The molecular weight excluding hydrogens is 1240 g/mol. The maximum atomic E-state index is 15.8. The molecule has 6 aliphatic heterocycles. The number of nitrogens with two attached hydrogens (primary N) is 1. The van der Waals surface area contributed by atoms with Crippen LogP contribution >= 0.6 is 23.2 Å². The normalized spacial score (nSPS) is 26.2. The molecule has 1 saturated heterocycles. The van der Waals surface area contributed by atoms with E-state index >= 15 is 14.4 Å². The molecule has 0 aliphatic carbocycles. The van der Waals surface area contributed by atoms with Gasteiger partial charge in [0.25, 0.3) is 0 Å². The van der Waals surface area contributed by atoms with Crippen molar-refractivity contribution < 1.29 is 108 Å². The highest BCUT2D eigenvalue weighted by Gasteiger charge is 2.47. The molecule has 6 heterocycles. The van der Waals surface area contributed by atoms with Crippen molar-refractivity contribution in [3.8, 4) is 57.1 Å². The van der Waals surface area contributed by atoms with E-state index in [9.17, 15) is 75.0 Å². The minimum atomic E-state index is -2.31. The number of aromatic hydroxyl groups is 3. The van der Waals surface area contributed by atoms with Crippen LogP contribution in [0.15, 0.2) is 78.9 Å². The van der Waals surface area contributed by atoms with Gasteiger partial charge < -0.3 is 113 Å². The van der Waals surface area contributed by atoms with Crippen LogP contribution in [0.3, 0.4) is 0 Å². The number of benzene rings is 5. The molecule has 0 spiro atoms. The topological polar surface area (TPSA) is 486 Å². The van der Waals surface area contributed by atoms with Gasteiger partial charge in [-0.05, 0) is 96.2 Å². The molecule has 5 aromatic carbocycles. The Kier molecular flexibility index (Phi) is 19.8. The number of aliphatic hydroxyl groups excluding tert-OH is 6. The van der Waals surface area contributed by atoms with Crippen molar-refractivity contribution in [1.29, 1.82) is 0 Å². The lowest BCUT2D eigenvalue weighted by molar-refractivity contribution is -0.277. The summed E-state index contributed by atoms with van der Waals surface area (Å²) in [6, 6.07) is -0.613. The number of hydrogen-bond donors (Lipinski definition) is 18. The van der Waals surface area contributed by atoms with Gasteiger partial charge in [0.1, 0.15) is 95.6 Å². The minimum Gasteiger partial charge on any atom is -0.508 e. The molecule has 19 N–H and O–H groups in total. The van der Waals surface area contributed by atoms with E-state index in [0.717, 1.165) is 66.7 Å². The first-order valence-corrected chi connectivity index (χ1v) is 28.7. The van der Waals surface area contributed by atoms with Crippen LogP contribution in [0.5, 0.6) is 46.0 Å². The van der Waals surface area contributed by atoms with Crippen molar-refractivity contribution in [3.05, 3.63) is 117 Å². The highest BCUT2D eigenvalue weighted by atomic mass is 35.5. The summed E-state index contributed by atoms with van der Waals surface area (Å²) in [5.74, 6) is -15.8. The maximum Gasteiger partial charge on any atom is 0.330 e. The summed E-state index contributed by atoms with van der Waals surface area (Å²) in [7, 11) is 1.47. The van der Waals surface area contributed by atoms with Crippen molar-refractivity contribution in [3.63, 3.8) is 0 Å². The molecule has 0 saturated carbocycles. The Bertz CT molecular complexity index is 3730. The number of hydrogen-bond acceptors (Lipinski definition) is 22. The van der Waals surface area contributed by atoms with E-state index < -0.39 is 207 Å². The van der Waals surface area contributed by atoms with Crippen LogP contribution in [-0.2, 0) is 43.1 Å². The van der Waals surface area contributed by atoms with Crippen LogP contribution < -0.4 is 57.2 Å². The van der Waals surface area contributed by atoms with Crippen molar-refractivity contribution in [2.45, 2.75) is 112 Å². The number of carboxylic acid groups (broad SMARTS) is 1. The molecule has 11 bridgehead atoms. The maximum absolute atomic E-state index is 15.8. The smallest absolute Gasteiger partial charge is 0.330 e. The van der Waals surface area contributed by atoms with Crippen LogP contribution in [0.4, 0.5) is 0 Å². The molecular formula is C59H62Cl2N8O22. The molecule has 1 fully saturated rings. The van der Waals surface area contributed by atoms with Gasteiger partial charge in [0.05, 0.1) is 29.1 Å². The summed E-state index contributed by atoms with van der Waals surface area (Å²) in [6.07, 6.45) is -14.9. The fourth-order valence-electron chi connectivity index (χ4n) is 10.7. The molecule has 91 heavy (non-hydrogen) atoms. The second-order valence-electron chi connectivity index (χ2n) is 22.2. The van der Waals surface area contributed by atoms with E-state index in [2.05, 4.69) is 37.2 Å². The average Bonchev–Trinajstić information content (AvgIpc) is 0.790. The lowest BCUT2D eigenvalue weighted by atomic mass is 9.89. The van der Waals surface area contributed by atoms with E-state index in [1.54, 1.807) is 0 Å². The van der Waals surface area contributed by atoms with Gasteiger partial charge in [-0.1, -0.05) is 55.2 Å². The summed E-state index contributed by atoms with van der Waals surface area (Å²) >= 11 is 13.8. The third-order valence-corrected chi connectivity index (χ3v) is 16.0. The summed E-state index contributed by atoms with van der Waals surface area (Å²) in [5, 5.41) is 128. The SMILES string of the molecule is CNC(CC(C)C)C(=O)NC1C(=O)NC(CC(N)=O)C(=O)NC2C(=O)NC3C(=O)NC(C(=O)NC(C(=O)O)c4cc(O)cc(O)c4-c4cc3ccc4O)C(O)c3ccc(c(Cl)c3)Oc3cc2cc(c3OC2OC(CO)C(O)C(O)C2O)Oc2ccc(cc2Cl)C1O. The molecule has 0 radical (unpaired) electrons. The van der Waals surface area contributed by atoms with Crippen molar-refractivity contribution >= 4 is 70.5 Å². The van der Waals surface area contributed by atoms with E-state index in [1.807, 2.05) is 13.8 Å². The number of carbonyl (C=O) groups is 8. The fraction of sp³-hybridized carbons (Fsp3) is 0.356. The van der Waals surface area contributed by atoms with Crippen LogP contribution in [-0.4, -0.2) is 167 Å². The molecule has 14 atom stereocenters. The predicted octanol–water partition coefficient (Wildman–Crippen LogP) is -0.131. The number of ether oxygens (including phenoxy) is 4. The Morgan fingerprint density at radius 3 is 1.84 bits per heavy atom. The number of halogens is 2. The Balaban J connectivity index is 1.32. The van der Waals surface area contributed by atoms with Gasteiger partial charge in [-0.25, -0.2) is 4.79 Å². The quantitative estimate of drug-likeness (QED) is 0.0819. The average molecular weight is 1310 g/mol. The largest absolute Gasteiger partial charge is 0.508 e. The van der Waals surface area contributed by atoms with Gasteiger partial charge in [-0.2, -0.15) is 0 Å². The molecule has 32 heteroatoms. The van der Waals surface area contributed by atoms with Crippen LogP contribution in [0.2, 0.25) is 10.0 Å². The Morgan fingerprint density at radius 1 is 0.659 bits per heavy atom. The highest BCUT2D eigenvalue weighted by molar-refractivity contribution is 6.32. The third-order valence-electron chi connectivity index (χ3n) is 15.4. The fourth-order valence-corrected chi connectivity index (χ4v) is 11.2. The monoisotopic (exact) mass is 1300 g/mol. The van der Waals surface area contributed by atoms with E-state index in [-0.39, 0.29) is 45.6 Å². The highest BCUT2D eigenvalue weighted by Crippen LogP contribution is 2.49. The molecule has 5 aromatic rings. The summed E-state index contributed by atoms with van der Waals surface area (Å²) < 4.78 is 24.8. The van der Waals surface area contributed by atoms with Gasteiger partial charge in [-0.3, -0.25) is 33.6 Å². The van der Waals surface area contributed by atoms with Crippen molar-refractivity contribution in [1.82, 2.24) is 37.2 Å². The minimum absolute atomic E-state index is 0.0825. The van der Waals surface area contributed by atoms with Gasteiger partial charge in [0.2, 0.25) is 53.4 Å². The van der Waals surface area contributed by atoms with Gasteiger partial charge in [-0.15, -0.1) is 0 Å². The first-order valence-electron chi connectivity index (χ1n) is 27.9. The van der Waals surface area contributed by atoms with Gasteiger partial charge >= 0.3 is 5.97 Å². The first kappa shape index (κ1) is 66.3. The zero-order chi connectivity index (χ0) is 66.2. The molecule has 0 aromatic heterocycles. The summed E-state index contributed by atoms with van der Waals surface area (Å²) in [5.41, 5.74) is 2.90. The summed E-state index contributed by atoms with van der Waals surface area (Å²) in [4.78, 5) is 115. The number of phenols is 3. The predicted molar refractivity (Wildman–Crippen MR) is 313 cm³/mol. The second-order valence-corrected chi connectivity index (χ2v) is 23.0. The zero-order valence-electron chi connectivity index (χ0n) is 48.0. The lowest BCUT2D eigenvalue weighted by Crippen LogP contribution is -2.60. The number of rotatable bonds is 11. The molecule has 11 rings (SSSR count).